The predicted molar refractivity (Wildman–Crippen MR) is 89.4 cm³/mol. The number of aliphatic hydroxyl groups excluding tert-OH is 1. The summed E-state index contributed by atoms with van der Waals surface area (Å²) in [6.07, 6.45) is 2.37. The molecule has 1 amide bonds. The number of hydrogen-bond acceptors (Lipinski definition) is 3. The number of amides is 1. The summed E-state index contributed by atoms with van der Waals surface area (Å²) in [5.41, 5.74) is 3.17. The normalized spacial score (nSPS) is 12.5. The minimum Gasteiger partial charge on any atom is -0.384 e. The third-order valence-corrected chi connectivity index (χ3v) is 4.35. The molecular formula is C15H14Cl2N4O2. The van der Waals surface area contributed by atoms with E-state index in [0.29, 0.717) is 15.6 Å². The molecule has 0 bridgehead atoms. The molecule has 2 heterocycles. The summed E-state index contributed by atoms with van der Waals surface area (Å²) in [5, 5.41) is 20.4. The molecule has 23 heavy (non-hydrogen) atoms. The summed E-state index contributed by atoms with van der Waals surface area (Å²) in [4.78, 5) is 14.8. The molecular weight excluding hydrogens is 339 g/mol. The van der Waals surface area contributed by atoms with Crippen LogP contribution < -0.4 is 5.32 Å². The Kier molecular flexibility index (Phi) is 4.30. The molecule has 3 aromatic rings. The zero-order chi connectivity index (χ0) is 16.6. The van der Waals surface area contributed by atoms with Crippen molar-refractivity contribution >= 4 is 40.0 Å². The summed E-state index contributed by atoms with van der Waals surface area (Å²) in [6, 6.07) is 3.59. The molecule has 0 saturated heterocycles. The Hall–Kier alpha value is -2.02. The van der Waals surface area contributed by atoms with Crippen LogP contribution >= 0.6 is 23.2 Å². The third kappa shape index (κ3) is 2.93. The zero-order valence-corrected chi connectivity index (χ0v) is 13.7. The number of benzene rings is 1. The van der Waals surface area contributed by atoms with Crippen LogP contribution in [-0.2, 0) is 11.3 Å². The van der Waals surface area contributed by atoms with Gasteiger partial charge in [-0.25, -0.2) is 0 Å². The number of aromatic nitrogens is 3. The first-order valence-corrected chi connectivity index (χ1v) is 7.68. The zero-order valence-electron chi connectivity index (χ0n) is 12.2. The molecule has 6 nitrogen and oxygen atoms in total. The summed E-state index contributed by atoms with van der Waals surface area (Å²) < 4.78 is 0. The van der Waals surface area contributed by atoms with E-state index in [9.17, 15) is 9.90 Å². The Bertz CT molecular complexity index is 856. The molecule has 1 aromatic carbocycles. The van der Waals surface area contributed by atoms with E-state index in [1.54, 1.807) is 18.5 Å². The van der Waals surface area contributed by atoms with Crippen LogP contribution in [0.4, 0.5) is 0 Å². The van der Waals surface area contributed by atoms with Crippen molar-refractivity contribution in [2.24, 2.45) is 0 Å². The van der Waals surface area contributed by atoms with Crippen LogP contribution in [0.5, 0.6) is 0 Å². The molecule has 3 rings (SSSR count). The number of fused-ring (bicyclic) bond motifs is 1. The second-order valence-corrected chi connectivity index (χ2v) is 5.93. The van der Waals surface area contributed by atoms with Gasteiger partial charge in [-0.3, -0.25) is 9.89 Å². The van der Waals surface area contributed by atoms with Gasteiger partial charge in [0, 0.05) is 28.4 Å². The monoisotopic (exact) mass is 352 g/mol. The van der Waals surface area contributed by atoms with Crippen LogP contribution in [-0.4, -0.2) is 32.3 Å². The highest BCUT2D eigenvalue weighted by atomic mass is 35.5. The number of aromatic amines is 2. The van der Waals surface area contributed by atoms with Gasteiger partial charge in [0.25, 0.3) is 0 Å². The van der Waals surface area contributed by atoms with Gasteiger partial charge in [0.1, 0.15) is 6.10 Å². The number of carbonyl (C=O) groups is 1. The first kappa shape index (κ1) is 15.9. The minimum absolute atomic E-state index is 0.215. The summed E-state index contributed by atoms with van der Waals surface area (Å²) in [5.74, 6) is -0.453. The van der Waals surface area contributed by atoms with Crippen molar-refractivity contribution < 1.29 is 9.90 Å². The average molecular weight is 353 g/mol. The first-order valence-electron chi connectivity index (χ1n) is 6.92. The Labute approximate surface area is 141 Å². The highest BCUT2D eigenvalue weighted by Crippen LogP contribution is 2.38. The first-order chi connectivity index (χ1) is 11.0. The number of nitrogens with one attached hydrogen (secondary N) is 3. The van der Waals surface area contributed by atoms with Gasteiger partial charge in [-0.05, 0) is 13.0 Å². The van der Waals surface area contributed by atoms with Gasteiger partial charge in [0.15, 0.2) is 0 Å². The number of rotatable bonds is 4. The third-order valence-electron chi connectivity index (χ3n) is 3.55. The SMILES string of the molecule is CC(O)C(=O)NCc1[nH]c2c(Cl)c(Cl)ccc2c1-c1cn[nH]c1. The molecule has 4 N–H and O–H groups in total. The van der Waals surface area contributed by atoms with Gasteiger partial charge in [-0.2, -0.15) is 5.10 Å². The molecule has 0 aliphatic carbocycles. The number of aliphatic hydroxyl groups is 1. The van der Waals surface area contributed by atoms with Crippen LogP contribution in [0, 0.1) is 0 Å². The summed E-state index contributed by atoms with van der Waals surface area (Å²) in [7, 11) is 0. The second-order valence-electron chi connectivity index (χ2n) is 5.14. The number of hydrogen-bond donors (Lipinski definition) is 4. The van der Waals surface area contributed by atoms with Crippen LogP contribution in [0.25, 0.3) is 22.0 Å². The molecule has 120 valence electrons. The summed E-state index contributed by atoms with van der Waals surface area (Å²) >= 11 is 12.3. The van der Waals surface area contributed by atoms with Gasteiger partial charge in [0.2, 0.25) is 5.91 Å². The Balaban J connectivity index is 2.10. The van der Waals surface area contributed by atoms with Crippen molar-refractivity contribution in [3.05, 3.63) is 40.3 Å². The minimum atomic E-state index is -1.07. The van der Waals surface area contributed by atoms with E-state index in [4.69, 9.17) is 23.2 Å². The number of nitrogens with zero attached hydrogens (tertiary/aromatic N) is 1. The lowest BCUT2D eigenvalue weighted by atomic mass is 10.1. The largest absolute Gasteiger partial charge is 0.384 e. The van der Waals surface area contributed by atoms with E-state index in [1.807, 2.05) is 6.07 Å². The lowest BCUT2D eigenvalue weighted by Gasteiger charge is -2.07. The van der Waals surface area contributed by atoms with Crippen molar-refractivity contribution in [1.29, 1.82) is 0 Å². The van der Waals surface area contributed by atoms with E-state index < -0.39 is 12.0 Å². The number of carbonyl (C=O) groups excluding carboxylic acids is 1. The fraction of sp³-hybridized carbons (Fsp3) is 0.200. The van der Waals surface area contributed by atoms with Crippen molar-refractivity contribution in [3.8, 4) is 11.1 Å². The lowest BCUT2D eigenvalue weighted by molar-refractivity contribution is -0.128. The van der Waals surface area contributed by atoms with Crippen LogP contribution in [0.3, 0.4) is 0 Å². The Morgan fingerprint density at radius 2 is 2.22 bits per heavy atom. The Morgan fingerprint density at radius 3 is 2.87 bits per heavy atom. The molecule has 0 fully saturated rings. The molecule has 2 aromatic heterocycles. The van der Waals surface area contributed by atoms with E-state index in [2.05, 4.69) is 20.5 Å². The standard InChI is InChI=1S/C15H14Cl2N4O2/c1-7(22)15(23)18-6-11-12(8-4-19-20-5-8)9-2-3-10(16)13(17)14(9)21-11/h2-5,7,21-22H,6H2,1H3,(H,18,23)(H,19,20). The molecule has 0 spiro atoms. The van der Waals surface area contributed by atoms with Gasteiger partial charge in [-0.1, -0.05) is 29.3 Å². The quantitative estimate of drug-likeness (QED) is 0.581. The molecule has 0 saturated carbocycles. The lowest BCUT2D eigenvalue weighted by Crippen LogP contribution is -2.32. The fourth-order valence-corrected chi connectivity index (χ4v) is 2.80. The molecule has 1 unspecified atom stereocenters. The predicted octanol–water partition coefficient (Wildman–Crippen LogP) is 2.86. The van der Waals surface area contributed by atoms with Crippen molar-refractivity contribution in [1.82, 2.24) is 20.5 Å². The summed E-state index contributed by atoms with van der Waals surface area (Å²) in [6.45, 7) is 1.63. The maximum atomic E-state index is 11.6. The molecule has 1 atom stereocenters. The van der Waals surface area contributed by atoms with Crippen molar-refractivity contribution in [2.45, 2.75) is 19.6 Å². The maximum Gasteiger partial charge on any atom is 0.248 e. The van der Waals surface area contributed by atoms with Crippen molar-refractivity contribution in [2.75, 3.05) is 0 Å². The van der Waals surface area contributed by atoms with Crippen LogP contribution in [0.2, 0.25) is 10.0 Å². The average Bonchev–Trinajstić information content (AvgIpc) is 3.15. The fourth-order valence-electron chi connectivity index (χ4n) is 2.43. The van der Waals surface area contributed by atoms with Gasteiger partial charge in [-0.15, -0.1) is 0 Å². The second kappa shape index (κ2) is 6.23. The van der Waals surface area contributed by atoms with Crippen LogP contribution in [0.15, 0.2) is 24.5 Å². The molecule has 0 aliphatic heterocycles. The van der Waals surface area contributed by atoms with E-state index in [0.717, 1.165) is 22.2 Å². The highest BCUT2D eigenvalue weighted by molar-refractivity contribution is 6.45. The van der Waals surface area contributed by atoms with Crippen molar-refractivity contribution in [3.63, 3.8) is 0 Å². The number of halogens is 2. The highest BCUT2D eigenvalue weighted by Gasteiger charge is 2.18. The van der Waals surface area contributed by atoms with Gasteiger partial charge < -0.3 is 15.4 Å². The molecule has 0 aliphatic rings. The Morgan fingerprint density at radius 1 is 1.43 bits per heavy atom. The molecule has 8 heteroatoms. The molecule has 0 radical (unpaired) electrons. The van der Waals surface area contributed by atoms with Crippen LogP contribution in [0.1, 0.15) is 12.6 Å². The van der Waals surface area contributed by atoms with E-state index >= 15 is 0 Å². The number of H-pyrrole nitrogens is 2. The topological polar surface area (TPSA) is 93.8 Å². The maximum absolute atomic E-state index is 11.6. The smallest absolute Gasteiger partial charge is 0.248 e. The van der Waals surface area contributed by atoms with E-state index in [-0.39, 0.29) is 6.54 Å². The van der Waals surface area contributed by atoms with E-state index in [1.165, 1.54) is 6.92 Å². The van der Waals surface area contributed by atoms with Gasteiger partial charge in [0.05, 0.1) is 28.3 Å². The van der Waals surface area contributed by atoms with Gasteiger partial charge >= 0.3 is 0 Å².